The maximum absolute atomic E-state index is 5.77. The monoisotopic (exact) mass is 186 g/mol. The molecule has 1 aliphatic rings. The van der Waals surface area contributed by atoms with E-state index in [1.165, 1.54) is 5.56 Å². The molecule has 0 amide bonds. The molecule has 0 fully saturated rings. The second-order valence-corrected chi connectivity index (χ2v) is 3.57. The summed E-state index contributed by atoms with van der Waals surface area (Å²) in [7, 11) is 0. The third-order valence-electron chi connectivity index (χ3n) is 2.77. The van der Waals surface area contributed by atoms with Crippen molar-refractivity contribution >= 4 is 0 Å². The summed E-state index contributed by atoms with van der Waals surface area (Å²) in [5.41, 5.74) is 2.04. The fourth-order valence-electron chi connectivity index (χ4n) is 1.86. The molecule has 0 radical (unpaired) electrons. The lowest BCUT2D eigenvalue weighted by atomic mass is 9.89. The largest absolute Gasteiger partial charge is 0.362 e. The lowest BCUT2D eigenvalue weighted by Crippen LogP contribution is -2.23. The third-order valence-corrected chi connectivity index (χ3v) is 2.77. The van der Waals surface area contributed by atoms with Crippen LogP contribution in [0.5, 0.6) is 0 Å². The fraction of sp³-hybridized carbons (Fsp3) is 0.231. The Morgan fingerprint density at radius 3 is 2.71 bits per heavy atom. The number of benzene rings is 1. The van der Waals surface area contributed by atoms with Crippen LogP contribution in [0.25, 0.3) is 0 Å². The zero-order chi connectivity index (χ0) is 10.0. The lowest BCUT2D eigenvalue weighted by Gasteiger charge is -2.26. The first-order valence-corrected chi connectivity index (χ1v) is 4.80. The molecule has 0 N–H and O–H groups in total. The van der Waals surface area contributed by atoms with E-state index < -0.39 is 0 Å². The van der Waals surface area contributed by atoms with Crippen LogP contribution in [0.3, 0.4) is 0 Å². The second-order valence-electron chi connectivity index (χ2n) is 3.57. The molecule has 1 atom stereocenters. The number of ether oxygens (including phenoxy) is 1. The maximum Gasteiger partial charge on any atom is 0.115 e. The van der Waals surface area contributed by atoms with E-state index in [4.69, 9.17) is 4.74 Å². The predicted molar refractivity (Wildman–Crippen MR) is 58.0 cm³/mol. The zero-order valence-electron chi connectivity index (χ0n) is 8.36. The highest BCUT2D eigenvalue weighted by molar-refractivity contribution is 5.39. The van der Waals surface area contributed by atoms with Crippen LogP contribution in [-0.4, -0.2) is 6.61 Å². The Labute approximate surface area is 84.7 Å². The Bertz CT molecular complexity index is 364. The highest BCUT2D eigenvalue weighted by Crippen LogP contribution is 2.37. The molecule has 0 bridgehead atoms. The Morgan fingerprint density at radius 1 is 1.36 bits per heavy atom. The van der Waals surface area contributed by atoms with Gasteiger partial charge in [0.25, 0.3) is 0 Å². The smallest absolute Gasteiger partial charge is 0.115 e. The number of hydrogen-bond donors (Lipinski definition) is 0. The van der Waals surface area contributed by atoms with E-state index in [1.54, 1.807) is 0 Å². The van der Waals surface area contributed by atoms with Crippen molar-refractivity contribution in [2.45, 2.75) is 12.5 Å². The van der Waals surface area contributed by atoms with Gasteiger partial charge in [0.1, 0.15) is 5.60 Å². The second kappa shape index (κ2) is 3.43. The molecule has 72 valence electrons. The van der Waals surface area contributed by atoms with Crippen molar-refractivity contribution in [1.82, 2.24) is 0 Å². The van der Waals surface area contributed by atoms with Crippen LogP contribution < -0.4 is 0 Å². The van der Waals surface area contributed by atoms with Gasteiger partial charge in [0.15, 0.2) is 0 Å². The van der Waals surface area contributed by atoms with Gasteiger partial charge in [-0.05, 0) is 18.1 Å². The predicted octanol–water partition coefficient (Wildman–Crippen LogP) is 3.04. The summed E-state index contributed by atoms with van der Waals surface area (Å²) < 4.78 is 5.77. The van der Waals surface area contributed by atoms with Crippen molar-refractivity contribution in [3.05, 3.63) is 60.2 Å². The summed E-state index contributed by atoms with van der Waals surface area (Å²) in [6, 6.07) is 10.2. The standard InChI is InChI=1S/C13H14O/c1-3-11-9-10-14-13(11,2)12-7-5-4-6-8-12/h3-9H,1,10H2,2H3. The molecule has 0 spiro atoms. The van der Waals surface area contributed by atoms with Gasteiger partial charge in [-0.2, -0.15) is 0 Å². The number of rotatable bonds is 2. The minimum Gasteiger partial charge on any atom is -0.362 e. The Balaban J connectivity index is 2.43. The lowest BCUT2D eigenvalue weighted by molar-refractivity contribution is 0.0335. The van der Waals surface area contributed by atoms with E-state index in [2.05, 4.69) is 31.7 Å². The molecule has 1 heterocycles. The van der Waals surface area contributed by atoms with Crippen molar-refractivity contribution in [3.63, 3.8) is 0 Å². The van der Waals surface area contributed by atoms with Crippen LogP contribution in [0.15, 0.2) is 54.6 Å². The first-order valence-electron chi connectivity index (χ1n) is 4.80. The average molecular weight is 186 g/mol. The van der Waals surface area contributed by atoms with Gasteiger partial charge in [0.05, 0.1) is 6.61 Å². The van der Waals surface area contributed by atoms with Gasteiger partial charge in [-0.1, -0.05) is 49.1 Å². The molecule has 0 aliphatic carbocycles. The Kier molecular flexibility index (Phi) is 2.26. The Hall–Kier alpha value is -1.34. The molecule has 0 saturated carbocycles. The van der Waals surface area contributed by atoms with Crippen LogP contribution in [0.1, 0.15) is 12.5 Å². The van der Waals surface area contributed by atoms with Crippen LogP contribution >= 0.6 is 0 Å². The maximum atomic E-state index is 5.77. The Morgan fingerprint density at radius 2 is 2.07 bits per heavy atom. The van der Waals surface area contributed by atoms with Crippen LogP contribution in [-0.2, 0) is 10.3 Å². The van der Waals surface area contributed by atoms with Crippen LogP contribution in [0.4, 0.5) is 0 Å². The molecule has 0 aromatic heterocycles. The normalized spacial score (nSPS) is 25.9. The molecule has 1 heteroatoms. The van der Waals surface area contributed by atoms with Crippen molar-refractivity contribution in [1.29, 1.82) is 0 Å². The van der Waals surface area contributed by atoms with Gasteiger partial charge in [-0.15, -0.1) is 0 Å². The summed E-state index contributed by atoms with van der Waals surface area (Å²) in [6.07, 6.45) is 3.96. The van der Waals surface area contributed by atoms with Crippen molar-refractivity contribution in [3.8, 4) is 0 Å². The summed E-state index contributed by atoms with van der Waals surface area (Å²) >= 11 is 0. The number of hydrogen-bond acceptors (Lipinski definition) is 1. The van der Waals surface area contributed by atoms with Gasteiger partial charge in [0.2, 0.25) is 0 Å². The van der Waals surface area contributed by atoms with Gasteiger partial charge < -0.3 is 4.74 Å². The van der Waals surface area contributed by atoms with E-state index >= 15 is 0 Å². The topological polar surface area (TPSA) is 9.23 Å². The summed E-state index contributed by atoms with van der Waals surface area (Å²) in [5.74, 6) is 0. The first kappa shape index (κ1) is 9.22. The minimum absolute atomic E-state index is 0.303. The highest BCUT2D eigenvalue weighted by Gasteiger charge is 2.33. The molecule has 1 unspecified atom stereocenters. The minimum atomic E-state index is -0.303. The third kappa shape index (κ3) is 1.30. The SMILES string of the molecule is C=CC1=CCOC1(C)c1ccccc1. The van der Waals surface area contributed by atoms with Crippen molar-refractivity contribution < 1.29 is 4.74 Å². The molecule has 2 rings (SSSR count). The van der Waals surface area contributed by atoms with E-state index in [0.717, 1.165) is 5.57 Å². The van der Waals surface area contributed by atoms with Crippen LogP contribution in [0.2, 0.25) is 0 Å². The molecule has 1 aromatic carbocycles. The van der Waals surface area contributed by atoms with E-state index in [1.807, 2.05) is 24.3 Å². The average Bonchev–Trinajstić information content (AvgIpc) is 2.62. The van der Waals surface area contributed by atoms with Gasteiger partial charge in [-0.25, -0.2) is 0 Å². The van der Waals surface area contributed by atoms with E-state index in [0.29, 0.717) is 6.61 Å². The quantitative estimate of drug-likeness (QED) is 0.689. The van der Waals surface area contributed by atoms with Crippen LogP contribution in [0, 0.1) is 0 Å². The molecule has 1 nitrogen and oxygen atoms in total. The molecular formula is C13H14O. The van der Waals surface area contributed by atoms with Gasteiger partial charge in [-0.3, -0.25) is 0 Å². The molecule has 0 saturated heterocycles. The first-order chi connectivity index (χ1) is 6.77. The van der Waals surface area contributed by atoms with E-state index in [9.17, 15) is 0 Å². The molecule has 1 aliphatic heterocycles. The summed E-state index contributed by atoms with van der Waals surface area (Å²) in [5, 5.41) is 0. The summed E-state index contributed by atoms with van der Waals surface area (Å²) in [4.78, 5) is 0. The molecule has 14 heavy (non-hydrogen) atoms. The molecule has 1 aromatic rings. The van der Waals surface area contributed by atoms with Gasteiger partial charge >= 0.3 is 0 Å². The molecular weight excluding hydrogens is 172 g/mol. The van der Waals surface area contributed by atoms with E-state index in [-0.39, 0.29) is 5.60 Å². The summed E-state index contributed by atoms with van der Waals surface area (Å²) in [6.45, 7) is 6.57. The van der Waals surface area contributed by atoms with Crippen molar-refractivity contribution in [2.24, 2.45) is 0 Å². The fourth-order valence-corrected chi connectivity index (χ4v) is 1.86. The zero-order valence-corrected chi connectivity index (χ0v) is 8.36. The highest BCUT2D eigenvalue weighted by atomic mass is 16.5. The van der Waals surface area contributed by atoms with Gasteiger partial charge in [0, 0.05) is 0 Å². The van der Waals surface area contributed by atoms with Crippen molar-refractivity contribution in [2.75, 3.05) is 6.61 Å².